The number of rotatable bonds is 5. The highest BCUT2D eigenvalue weighted by Gasteiger charge is 2.23. The van der Waals surface area contributed by atoms with E-state index in [1.165, 1.54) is 7.11 Å². The molecule has 0 fully saturated rings. The summed E-state index contributed by atoms with van der Waals surface area (Å²) in [5.74, 6) is -0.0169. The lowest BCUT2D eigenvalue weighted by molar-refractivity contribution is -0.144. The van der Waals surface area contributed by atoms with Gasteiger partial charge in [-0.2, -0.15) is 0 Å². The summed E-state index contributed by atoms with van der Waals surface area (Å²) in [5, 5.41) is 3.12. The zero-order valence-corrected chi connectivity index (χ0v) is 8.83. The molecule has 0 aromatic heterocycles. The lowest BCUT2D eigenvalue weighted by Crippen LogP contribution is -2.48. The Balaban J connectivity index is 4.18. The van der Waals surface area contributed by atoms with E-state index in [2.05, 4.69) is 10.1 Å². The van der Waals surface area contributed by atoms with Gasteiger partial charge in [-0.1, -0.05) is 13.8 Å². The van der Waals surface area contributed by atoms with Gasteiger partial charge in [0.1, 0.15) is 6.04 Å². The van der Waals surface area contributed by atoms with Crippen molar-refractivity contribution < 1.29 is 9.53 Å². The van der Waals surface area contributed by atoms with Crippen molar-refractivity contribution >= 4 is 5.97 Å². The van der Waals surface area contributed by atoms with E-state index in [0.717, 1.165) is 0 Å². The second kappa shape index (κ2) is 5.94. The van der Waals surface area contributed by atoms with Crippen molar-refractivity contribution in [3.63, 3.8) is 0 Å². The minimum absolute atomic E-state index is 0.131. The Labute approximate surface area is 79.8 Å². The molecular formula is C9H20N2O2. The molecule has 0 bridgehead atoms. The first-order chi connectivity index (χ1) is 6.02. The molecule has 3 N–H and O–H groups in total. The van der Waals surface area contributed by atoms with Gasteiger partial charge in [0, 0.05) is 12.6 Å². The molecule has 0 aliphatic carbocycles. The van der Waals surface area contributed by atoms with Crippen LogP contribution < -0.4 is 11.1 Å². The predicted molar refractivity (Wildman–Crippen MR) is 52.3 cm³/mol. The summed E-state index contributed by atoms with van der Waals surface area (Å²) in [7, 11) is 1.40. The van der Waals surface area contributed by atoms with E-state index in [9.17, 15) is 4.79 Å². The lowest BCUT2D eigenvalue weighted by atomic mass is 10.0. The summed E-state index contributed by atoms with van der Waals surface area (Å²) in [6.45, 7) is 6.40. The molecule has 4 nitrogen and oxygen atoms in total. The molecule has 0 heterocycles. The highest BCUT2D eigenvalue weighted by molar-refractivity contribution is 5.75. The van der Waals surface area contributed by atoms with Crippen molar-refractivity contribution in [2.45, 2.75) is 32.9 Å². The van der Waals surface area contributed by atoms with Crippen LogP contribution in [0, 0.1) is 5.92 Å². The summed E-state index contributed by atoms with van der Waals surface area (Å²) < 4.78 is 4.68. The van der Waals surface area contributed by atoms with Gasteiger partial charge < -0.3 is 15.8 Å². The van der Waals surface area contributed by atoms with E-state index in [1.54, 1.807) is 0 Å². The third-order valence-electron chi connectivity index (χ3n) is 1.94. The van der Waals surface area contributed by atoms with Crippen LogP contribution in [0.25, 0.3) is 0 Å². The molecule has 0 rings (SSSR count). The lowest BCUT2D eigenvalue weighted by Gasteiger charge is -2.23. The van der Waals surface area contributed by atoms with Crippen molar-refractivity contribution in [2.24, 2.45) is 11.7 Å². The quantitative estimate of drug-likeness (QED) is 0.601. The van der Waals surface area contributed by atoms with E-state index in [4.69, 9.17) is 5.73 Å². The maximum Gasteiger partial charge on any atom is 0.323 e. The van der Waals surface area contributed by atoms with E-state index in [-0.39, 0.29) is 24.0 Å². The van der Waals surface area contributed by atoms with Gasteiger partial charge in [0.05, 0.1) is 7.11 Å². The number of nitrogens with one attached hydrogen (secondary N) is 1. The Bertz CT molecular complexity index is 160. The predicted octanol–water partition coefficient (Wildman–Crippen LogP) is 0.121. The fraction of sp³-hybridized carbons (Fsp3) is 0.889. The summed E-state index contributed by atoms with van der Waals surface area (Å²) >= 11 is 0. The average molecular weight is 188 g/mol. The smallest absolute Gasteiger partial charge is 0.323 e. The van der Waals surface area contributed by atoms with Gasteiger partial charge in [-0.25, -0.2) is 0 Å². The van der Waals surface area contributed by atoms with Crippen LogP contribution in [0.15, 0.2) is 0 Å². The van der Waals surface area contributed by atoms with Crippen LogP contribution in [0.3, 0.4) is 0 Å². The van der Waals surface area contributed by atoms with Crippen LogP contribution in [0.5, 0.6) is 0 Å². The zero-order chi connectivity index (χ0) is 10.4. The molecule has 2 atom stereocenters. The van der Waals surface area contributed by atoms with Gasteiger partial charge in [0.25, 0.3) is 0 Å². The molecule has 78 valence electrons. The maximum absolute atomic E-state index is 11.3. The Morgan fingerprint density at radius 3 is 2.31 bits per heavy atom. The molecule has 13 heavy (non-hydrogen) atoms. The van der Waals surface area contributed by atoms with Crippen molar-refractivity contribution in [1.29, 1.82) is 0 Å². The number of hydrogen-bond acceptors (Lipinski definition) is 4. The fourth-order valence-electron chi connectivity index (χ4n) is 1.03. The van der Waals surface area contributed by atoms with Crippen LogP contribution in [0.2, 0.25) is 0 Å². The first kappa shape index (κ1) is 12.4. The second-order valence-electron chi connectivity index (χ2n) is 3.55. The van der Waals surface area contributed by atoms with Crippen molar-refractivity contribution in [3.05, 3.63) is 0 Å². The molecule has 0 aliphatic heterocycles. The topological polar surface area (TPSA) is 64.3 Å². The van der Waals surface area contributed by atoms with Gasteiger partial charge >= 0.3 is 5.97 Å². The first-order valence-corrected chi connectivity index (χ1v) is 4.56. The van der Waals surface area contributed by atoms with Crippen LogP contribution in [-0.2, 0) is 9.53 Å². The normalized spacial score (nSPS) is 15.5. The van der Waals surface area contributed by atoms with Gasteiger partial charge in [0.2, 0.25) is 0 Å². The van der Waals surface area contributed by atoms with Crippen molar-refractivity contribution in [2.75, 3.05) is 13.7 Å². The third-order valence-corrected chi connectivity index (χ3v) is 1.94. The van der Waals surface area contributed by atoms with E-state index in [1.807, 2.05) is 20.8 Å². The van der Waals surface area contributed by atoms with Gasteiger partial charge in [-0.05, 0) is 12.8 Å². The van der Waals surface area contributed by atoms with E-state index >= 15 is 0 Å². The molecule has 0 aliphatic rings. The van der Waals surface area contributed by atoms with Gasteiger partial charge in [-0.3, -0.25) is 4.79 Å². The minimum Gasteiger partial charge on any atom is -0.468 e. The number of hydrogen-bond donors (Lipinski definition) is 2. The minimum atomic E-state index is -0.261. The van der Waals surface area contributed by atoms with Crippen molar-refractivity contribution in [1.82, 2.24) is 5.32 Å². The Hall–Kier alpha value is -0.610. The van der Waals surface area contributed by atoms with E-state index < -0.39 is 0 Å². The first-order valence-electron chi connectivity index (χ1n) is 4.56. The number of carbonyl (C=O) groups excluding carboxylic acids is 1. The average Bonchev–Trinajstić information content (AvgIpc) is 2.11. The summed E-state index contributed by atoms with van der Waals surface area (Å²) in [6.07, 6.45) is 0. The molecular weight excluding hydrogens is 168 g/mol. The van der Waals surface area contributed by atoms with E-state index in [0.29, 0.717) is 6.54 Å². The molecule has 0 saturated heterocycles. The zero-order valence-electron chi connectivity index (χ0n) is 8.83. The standard InChI is InChI=1S/C9H20N2O2/c1-6(2)8(9(12)13-4)11-7(3)5-10/h6-8,11H,5,10H2,1-4H3/t7?,8-/m0/s1. The maximum atomic E-state index is 11.3. The molecule has 0 saturated carbocycles. The summed E-state index contributed by atoms with van der Waals surface area (Å²) in [5.41, 5.74) is 5.45. The molecule has 1 unspecified atom stereocenters. The molecule has 4 heteroatoms. The van der Waals surface area contributed by atoms with Crippen LogP contribution >= 0.6 is 0 Å². The van der Waals surface area contributed by atoms with Crippen molar-refractivity contribution in [3.8, 4) is 0 Å². The van der Waals surface area contributed by atoms with Gasteiger partial charge in [0.15, 0.2) is 0 Å². The molecule has 0 spiro atoms. The number of methoxy groups -OCH3 is 1. The highest BCUT2D eigenvalue weighted by atomic mass is 16.5. The SMILES string of the molecule is COC(=O)[C@@H](NC(C)CN)C(C)C. The van der Waals surface area contributed by atoms with Gasteiger partial charge in [-0.15, -0.1) is 0 Å². The molecule has 0 aromatic carbocycles. The number of carbonyl (C=O) groups is 1. The third kappa shape index (κ3) is 4.24. The second-order valence-corrected chi connectivity index (χ2v) is 3.55. The molecule has 0 amide bonds. The van der Waals surface area contributed by atoms with Crippen LogP contribution in [0.1, 0.15) is 20.8 Å². The summed E-state index contributed by atoms with van der Waals surface area (Å²) in [6, 6.07) is -0.130. The van der Waals surface area contributed by atoms with Crippen LogP contribution in [0.4, 0.5) is 0 Å². The Morgan fingerprint density at radius 2 is 2.00 bits per heavy atom. The molecule has 0 radical (unpaired) electrons. The fourth-order valence-corrected chi connectivity index (χ4v) is 1.03. The number of esters is 1. The Kier molecular flexibility index (Phi) is 5.66. The number of ether oxygens (including phenoxy) is 1. The monoisotopic (exact) mass is 188 g/mol. The molecule has 0 aromatic rings. The Morgan fingerprint density at radius 1 is 1.46 bits per heavy atom. The summed E-state index contributed by atoms with van der Waals surface area (Å²) in [4.78, 5) is 11.3. The van der Waals surface area contributed by atoms with Crippen LogP contribution in [-0.4, -0.2) is 31.7 Å². The number of nitrogens with two attached hydrogens (primary N) is 1. The largest absolute Gasteiger partial charge is 0.468 e. The highest BCUT2D eigenvalue weighted by Crippen LogP contribution is 2.04.